The first-order valence-corrected chi connectivity index (χ1v) is 7.04. The van der Waals surface area contributed by atoms with Crippen LogP contribution in [0.1, 0.15) is 22.8 Å². The minimum Gasteiger partial charge on any atom is -0.322 e. The Morgan fingerprint density at radius 3 is 2.76 bits per heavy atom. The van der Waals surface area contributed by atoms with Crippen LogP contribution < -0.4 is 10.6 Å². The Morgan fingerprint density at radius 1 is 1.24 bits per heavy atom. The van der Waals surface area contributed by atoms with Crippen molar-refractivity contribution < 1.29 is 9.18 Å². The fourth-order valence-electron chi connectivity index (χ4n) is 1.91. The van der Waals surface area contributed by atoms with Crippen molar-refractivity contribution in [3.8, 4) is 0 Å². The topological polar surface area (TPSA) is 41.1 Å². The summed E-state index contributed by atoms with van der Waals surface area (Å²) in [5, 5.41) is 5.77. The second kappa shape index (κ2) is 7.20. The van der Waals surface area contributed by atoms with Crippen LogP contribution in [0.15, 0.2) is 42.5 Å². The molecule has 0 saturated carbocycles. The number of hydrogen-bond donors (Lipinski definition) is 2. The fourth-order valence-corrected chi connectivity index (χ4v) is 2.12. The molecule has 21 heavy (non-hydrogen) atoms. The number of rotatable bonds is 5. The van der Waals surface area contributed by atoms with Gasteiger partial charge in [-0.1, -0.05) is 36.7 Å². The Hall–Kier alpha value is -1.91. The molecule has 3 nitrogen and oxygen atoms in total. The normalized spacial score (nSPS) is 10.4. The van der Waals surface area contributed by atoms with Crippen LogP contribution in [0.3, 0.4) is 0 Å². The van der Waals surface area contributed by atoms with Gasteiger partial charge in [-0.2, -0.15) is 0 Å². The number of amides is 1. The second-order valence-electron chi connectivity index (χ2n) is 4.54. The first kappa shape index (κ1) is 15.5. The summed E-state index contributed by atoms with van der Waals surface area (Å²) >= 11 is 5.81. The molecule has 0 aliphatic carbocycles. The lowest BCUT2D eigenvalue weighted by atomic mass is 10.1. The van der Waals surface area contributed by atoms with E-state index in [4.69, 9.17) is 11.6 Å². The summed E-state index contributed by atoms with van der Waals surface area (Å²) in [4.78, 5) is 12.1. The maximum absolute atomic E-state index is 13.4. The van der Waals surface area contributed by atoms with Gasteiger partial charge in [0.1, 0.15) is 5.82 Å². The van der Waals surface area contributed by atoms with Gasteiger partial charge in [0.15, 0.2) is 0 Å². The van der Waals surface area contributed by atoms with Crippen molar-refractivity contribution in [1.82, 2.24) is 5.32 Å². The lowest BCUT2D eigenvalue weighted by Crippen LogP contribution is -2.14. The SMILES string of the molecule is CCNCc1cccc(NC(=O)c2cccc(F)c2Cl)c1. The van der Waals surface area contributed by atoms with E-state index in [1.807, 2.05) is 25.1 Å². The van der Waals surface area contributed by atoms with Crippen molar-refractivity contribution in [2.24, 2.45) is 0 Å². The molecule has 0 aromatic heterocycles. The predicted octanol–water partition coefficient (Wildman–Crippen LogP) is 3.84. The highest BCUT2D eigenvalue weighted by Gasteiger charge is 2.13. The molecular weight excluding hydrogens is 291 g/mol. The number of carbonyl (C=O) groups excluding carboxylic acids is 1. The smallest absolute Gasteiger partial charge is 0.257 e. The predicted molar refractivity (Wildman–Crippen MR) is 83.2 cm³/mol. The molecule has 0 atom stereocenters. The summed E-state index contributed by atoms with van der Waals surface area (Å²) in [6, 6.07) is 11.6. The van der Waals surface area contributed by atoms with E-state index < -0.39 is 11.7 Å². The van der Waals surface area contributed by atoms with Gasteiger partial charge in [0.05, 0.1) is 10.6 Å². The molecule has 0 bridgehead atoms. The van der Waals surface area contributed by atoms with E-state index in [9.17, 15) is 9.18 Å². The number of carbonyl (C=O) groups is 1. The van der Waals surface area contributed by atoms with Gasteiger partial charge in [0, 0.05) is 12.2 Å². The van der Waals surface area contributed by atoms with Gasteiger partial charge < -0.3 is 10.6 Å². The Balaban J connectivity index is 2.14. The molecule has 110 valence electrons. The average Bonchev–Trinajstić information content (AvgIpc) is 2.48. The van der Waals surface area contributed by atoms with Gasteiger partial charge >= 0.3 is 0 Å². The molecule has 0 radical (unpaired) electrons. The van der Waals surface area contributed by atoms with Crippen molar-refractivity contribution >= 4 is 23.2 Å². The Morgan fingerprint density at radius 2 is 2.00 bits per heavy atom. The first-order valence-electron chi connectivity index (χ1n) is 6.67. The van der Waals surface area contributed by atoms with Crippen molar-refractivity contribution in [1.29, 1.82) is 0 Å². The average molecular weight is 307 g/mol. The molecule has 0 heterocycles. The molecule has 0 saturated heterocycles. The second-order valence-corrected chi connectivity index (χ2v) is 4.91. The monoisotopic (exact) mass is 306 g/mol. The molecule has 0 fully saturated rings. The van der Waals surface area contributed by atoms with E-state index >= 15 is 0 Å². The number of anilines is 1. The molecule has 5 heteroatoms. The molecule has 0 aliphatic heterocycles. The summed E-state index contributed by atoms with van der Waals surface area (Å²) in [5.74, 6) is -1.04. The highest BCUT2D eigenvalue weighted by atomic mass is 35.5. The maximum atomic E-state index is 13.4. The molecule has 0 spiro atoms. The minimum absolute atomic E-state index is 0.119. The molecule has 2 N–H and O–H groups in total. The van der Waals surface area contributed by atoms with Crippen molar-refractivity contribution in [3.63, 3.8) is 0 Å². The number of nitrogens with one attached hydrogen (secondary N) is 2. The van der Waals surface area contributed by atoms with Gasteiger partial charge in [-0.15, -0.1) is 0 Å². The summed E-state index contributed by atoms with van der Waals surface area (Å²) < 4.78 is 13.4. The van der Waals surface area contributed by atoms with Crippen LogP contribution in [0, 0.1) is 5.82 Å². The van der Waals surface area contributed by atoms with Crippen LogP contribution >= 0.6 is 11.6 Å². The molecule has 1 amide bonds. The van der Waals surface area contributed by atoms with E-state index in [1.165, 1.54) is 18.2 Å². The number of halogens is 2. The van der Waals surface area contributed by atoms with Crippen molar-refractivity contribution in [2.75, 3.05) is 11.9 Å². The number of benzene rings is 2. The van der Waals surface area contributed by atoms with Gasteiger partial charge in [-0.3, -0.25) is 4.79 Å². The summed E-state index contributed by atoms with van der Waals surface area (Å²) in [6.07, 6.45) is 0. The van der Waals surface area contributed by atoms with E-state index in [-0.39, 0.29) is 10.6 Å². The zero-order valence-electron chi connectivity index (χ0n) is 11.6. The van der Waals surface area contributed by atoms with Crippen molar-refractivity contribution in [2.45, 2.75) is 13.5 Å². The van der Waals surface area contributed by atoms with Crippen LogP contribution in [0.4, 0.5) is 10.1 Å². The Labute approximate surface area is 128 Å². The van der Waals surface area contributed by atoms with Crippen molar-refractivity contribution in [3.05, 3.63) is 64.4 Å². The summed E-state index contributed by atoms with van der Waals surface area (Å²) in [5.41, 5.74) is 1.82. The largest absolute Gasteiger partial charge is 0.322 e. The van der Waals surface area contributed by atoms with Gasteiger partial charge in [0.25, 0.3) is 5.91 Å². The third-order valence-corrected chi connectivity index (χ3v) is 3.34. The maximum Gasteiger partial charge on any atom is 0.257 e. The minimum atomic E-state index is -0.606. The molecule has 0 unspecified atom stereocenters. The van der Waals surface area contributed by atoms with Crippen LogP contribution in [0.2, 0.25) is 5.02 Å². The highest BCUT2D eigenvalue weighted by molar-refractivity contribution is 6.34. The summed E-state index contributed by atoms with van der Waals surface area (Å²) in [7, 11) is 0. The van der Waals surface area contributed by atoms with Crippen LogP contribution in [0.5, 0.6) is 0 Å². The van der Waals surface area contributed by atoms with Crippen LogP contribution in [0.25, 0.3) is 0 Å². The van der Waals surface area contributed by atoms with Gasteiger partial charge in [-0.25, -0.2) is 4.39 Å². The molecule has 2 aromatic carbocycles. The molecule has 2 rings (SSSR count). The molecular formula is C16H16ClFN2O. The zero-order chi connectivity index (χ0) is 15.2. The van der Waals surface area contributed by atoms with E-state index in [0.717, 1.165) is 18.7 Å². The number of hydrogen-bond acceptors (Lipinski definition) is 2. The van der Waals surface area contributed by atoms with E-state index in [2.05, 4.69) is 10.6 Å². The van der Waals surface area contributed by atoms with Gasteiger partial charge in [-0.05, 0) is 36.4 Å². The zero-order valence-corrected chi connectivity index (χ0v) is 12.4. The van der Waals surface area contributed by atoms with E-state index in [0.29, 0.717) is 5.69 Å². The quantitative estimate of drug-likeness (QED) is 0.881. The molecule has 0 aliphatic rings. The van der Waals surface area contributed by atoms with Crippen LogP contribution in [-0.4, -0.2) is 12.5 Å². The standard InChI is InChI=1S/C16H16ClFN2O/c1-2-19-10-11-5-3-6-12(9-11)20-16(21)13-7-4-8-14(18)15(13)17/h3-9,19H,2,10H2,1H3,(H,20,21). The fraction of sp³-hybridized carbons (Fsp3) is 0.188. The summed E-state index contributed by atoms with van der Waals surface area (Å²) in [6.45, 7) is 3.62. The highest BCUT2D eigenvalue weighted by Crippen LogP contribution is 2.21. The Kier molecular flexibility index (Phi) is 5.31. The Bertz CT molecular complexity index is 646. The molecule has 2 aromatic rings. The van der Waals surface area contributed by atoms with Crippen LogP contribution in [-0.2, 0) is 6.54 Å². The lowest BCUT2D eigenvalue weighted by Gasteiger charge is -2.09. The first-order chi connectivity index (χ1) is 10.1. The third kappa shape index (κ3) is 4.03. The third-order valence-electron chi connectivity index (χ3n) is 2.96. The van der Waals surface area contributed by atoms with Gasteiger partial charge in [0.2, 0.25) is 0 Å². The lowest BCUT2D eigenvalue weighted by molar-refractivity contribution is 0.102. The van der Waals surface area contributed by atoms with E-state index in [1.54, 1.807) is 6.07 Å².